The van der Waals surface area contributed by atoms with Gasteiger partial charge in [-0.05, 0) is 34.0 Å². The molecule has 0 saturated carbocycles. The van der Waals surface area contributed by atoms with Gasteiger partial charge in [0.05, 0.1) is 0 Å². The van der Waals surface area contributed by atoms with E-state index < -0.39 is 0 Å². The Hall–Kier alpha value is -0.0500. The van der Waals surface area contributed by atoms with Crippen molar-refractivity contribution in [3.05, 3.63) is 11.6 Å². The van der Waals surface area contributed by atoms with Crippen molar-refractivity contribution < 1.29 is 0 Å². The maximum absolute atomic E-state index is 5.38. The van der Waals surface area contributed by atoms with E-state index in [4.69, 9.17) is 11.6 Å². The average Bonchev–Trinajstić information content (AvgIpc) is 2.01. The van der Waals surface area contributed by atoms with Crippen molar-refractivity contribution in [2.75, 3.05) is 27.2 Å². The molecule has 0 aliphatic rings. The number of rotatable bonds is 6. The Morgan fingerprint density at radius 1 is 1.50 bits per heavy atom. The second-order valence-electron chi connectivity index (χ2n) is 3.26. The molecule has 0 radical (unpaired) electrons. The van der Waals surface area contributed by atoms with Crippen LogP contribution in [0.4, 0.5) is 0 Å². The Morgan fingerprint density at radius 3 is 2.67 bits per heavy atom. The minimum absolute atomic E-state index is 0.556. The Morgan fingerprint density at radius 2 is 2.17 bits per heavy atom. The molecule has 0 aliphatic heterocycles. The van der Waals surface area contributed by atoms with Crippen LogP contribution in [0.15, 0.2) is 11.6 Å². The fraction of sp³-hybridized carbons (Fsp3) is 0.778. The van der Waals surface area contributed by atoms with Crippen LogP contribution >= 0.6 is 11.6 Å². The molecule has 0 fully saturated rings. The first-order chi connectivity index (χ1) is 5.66. The molecule has 12 heavy (non-hydrogen) atoms. The summed E-state index contributed by atoms with van der Waals surface area (Å²) in [7, 11) is 4.18. The second kappa shape index (κ2) is 7.59. The number of hydrogen-bond acceptors (Lipinski definition) is 2. The van der Waals surface area contributed by atoms with Crippen molar-refractivity contribution in [3.63, 3.8) is 0 Å². The molecule has 0 aromatic heterocycles. The molecule has 0 spiro atoms. The summed E-state index contributed by atoms with van der Waals surface area (Å²) in [5.74, 6) is 0. The Kier molecular flexibility index (Phi) is 7.56. The van der Waals surface area contributed by atoms with Crippen molar-refractivity contribution in [1.82, 2.24) is 10.2 Å². The highest BCUT2D eigenvalue weighted by Crippen LogP contribution is 1.91. The van der Waals surface area contributed by atoms with E-state index in [0.29, 0.717) is 6.04 Å². The Labute approximate surface area is 80.6 Å². The third-order valence-corrected chi connectivity index (χ3v) is 1.86. The highest BCUT2D eigenvalue weighted by atomic mass is 35.5. The summed E-state index contributed by atoms with van der Waals surface area (Å²) in [6, 6.07) is 0.556. The van der Waals surface area contributed by atoms with E-state index in [1.807, 2.05) is 6.08 Å². The van der Waals surface area contributed by atoms with Crippen molar-refractivity contribution in [1.29, 1.82) is 0 Å². The molecule has 0 aromatic rings. The van der Waals surface area contributed by atoms with Crippen LogP contribution in [-0.4, -0.2) is 38.1 Å². The van der Waals surface area contributed by atoms with Gasteiger partial charge in [0.2, 0.25) is 0 Å². The van der Waals surface area contributed by atoms with E-state index in [2.05, 4.69) is 31.2 Å². The molecule has 0 aromatic carbocycles. The van der Waals surface area contributed by atoms with Crippen molar-refractivity contribution in [2.45, 2.75) is 19.4 Å². The van der Waals surface area contributed by atoms with Crippen molar-refractivity contribution in [3.8, 4) is 0 Å². The van der Waals surface area contributed by atoms with Crippen LogP contribution in [0.2, 0.25) is 0 Å². The van der Waals surface area contributed by atoms with E-state index in [9.17, 15) is 0 Å². The van der Waals surface area contributed by atoms with Crippen LogP contribution in [0.3, 0.4) is 0 Å². The molecule has 1 unspecified atom stereocenters. The maximum Gasteiger partial charge on any atom is 0.0148 e. The lowest BCUT2D eigenvalue weighted by atomic mass is 10.2. The highest BCUT2D eigenvalue weighted by molar-refractivity contribution is 6.25. The molecular weight excluding hydrogens is 172 g/mol. The summed E-state index contributed by atoms with van der Waals surface area (Å²) in [5, 5.41) is 3.34. The Bertz CT molecular complexity index is 124. The lowest BCUT2D eigenvalue weighted by Gasteiger charge is -2.15. The lowest BCUT2D eigenvalue weighted by molar-refractivity contribution is 0.370. The van der Waals surface area contributed by atoms with Crippen LogP contribution in [0.1, 0.15) is 13.3 Å². The van der Waals surface area contributed by atoms with Crippen LogP contribution in [0.5, 0.6) is 0 Å². The first-order valence-electron chi connectivity index (χ1n) is 4.30. The molecule has 1 N–H and O–H groups in total. The third-order valence-electron chi connectivity index (χ3n) is 1.68. The molecule has 72 valence electrons. The summed E-state index contributed by atoms with van der Waals surface area (Å²) in [4.78, 5) is 2.19. The first-order valence-corrected chi connectivity index (χ1v) is 4.73. The Balaban J connectivity index is 3.27. The van der Waals surface area contributed by atoms with Crippen molar-refractivity contribution in [2.24, 2.45) is 0 Å². The molecule has 1 atom stereocenters. The fourth-order valence-electron chi connectivity index (χ4n) is 0.868. The van der Waals surface area contributed by atoms with Crippen LogP contribution < -0.4 is 5.32 Å². The van der Waals surface area contributed by atoms with Gasteiger partial charge in [0.15, 0.2) is 0 Å². The van der Waals surface area contributed by atoms with E-state index in [1.165, 1.54) is 6.42 Å². The smallest absolute Gasteiger partial charge is 0.0148 e. The average molecular weight is 191 g/mol. The number of nitrogens with zero attached hydrogens (tertiary/aromatic N) is 1. The zero-order valence-electron chi connectivity index (χ0n) is 8.18. The third kappa shape index (κ3) is 8.05. The predicted octanol–water partition coefficient (Wildman–Crippen LogP) is 1.67. The lowest BCUT2D eigenvalue weighted by Crippen LogP contribution is -2.29. The summed E-state index contributed by atoms with van der Waals surface area (Å²) in [5.41, 5.74) is 1.55. The quantitative estimate of drug-likeness (QED) is 0.686. The molecule has 0 amide bonds. The standard InChI is InChI=1S/C9H19ClN2/c1-9(5-8-12(2)3)11-7-4-6-10/h4,6,9,11H,5,7-8H2,1-3H3/b6-4+. The van der Waals surface area contributed by atoms with Gasteiger partial charge in [-0.15, -0.1) is 0 Å². The number of nitrogens with one attached hydrogen (secondary N) is 1. The molecule has 0 aliphatic carbocycles. The molecule has 0 rings (SSSR count). The summed E-state index contributed by atoms with van der Waals surface area (Å²) < 4.78 is 0. The van der Waals surface area contributed by atoms with Crippen molar-refractivity contribution >= 4 is 11.6 Å². The van der Waals surface area contributed by atoms with Gasteiger partial charge in [-0.1, -0.05) is 17.7 Å². The van der Waals surface area contributed by atoms with Crippen LogP contribution in [0.25, 0.3) is 0 Å². The highest BCUT2D eigenvalue weighted by Gasteiger charge is 1.99. The number of halogens is 1. The normalized spacial score (nSPS) is 14.4. The zero-order chi connectivity index (χ0) is 9.40. The minimum Gasteiger partial charge on any atom is -0.311 e. The van der Waals surface area contributed by atoms with E-state index in [1.54, 1.807) is 5.54 Å². The van der Waals surface area contributed by atoms with Gasteiger partial charge < -0.3 is 10.2 Å². The molecule has 0 bridgehead atoms. The second-order valence-corrected chi connectivity index (χ2v) is 3.51. The number of hydrogen-bond donors (Lipinski definition) is 1. The minimum atomic E-state index is 0.556. The molecule has 2 nitrogen and oxygen atoms in total. The van der Waals surface area contributed by atoms with Gasteiger partial charge >= 0.3 is 0 Å². The first kappa shape index (κ1) is 11.9. The van der Waals surface area contributed by atoms with Gasteiger partial charge in [-0.2, -0.15) is 0 Å². The van der Waals surface area contributed by atoms with Gasteiger partial charge in [-0.25, -0.2) is 0 Å². The van der Waals surface area contributed by atoms with Gasteiger partial charge in [0.25, 0.3) is 0 Å². The zero-order valence-corrected chi connectivity index (χ0v) is 8.93. The largest absolute Gasteiger partial charge is 0.311 e. The van der Waals surface area contributed by atoms with Crippen LogP contribution in [-0.2, 0) is 0 Å². The van der Waals surface area contributed by atoms with Gasteiger partial charge in [0.1, 0.15) is 0 Å². The fourth-order valence-corrected chi connectivity index (χ4v) is 0.957. The molecule has 3 heteroatoms. The van der Waals surface area contributed by atoms with Gasteiger partial charge in [-0.3, -0.25) is 0 Å². The van der Waals surface area contributed by atoms with E-state index >= 15 is 0 Å². The van der Waals surface area contributed by atoms with E-state index in [0.717, 1.165) is 13.1 Å². The molecular formula is C9H19ClN2. The maximum atomic E-state index is 5.38. The summed E-state index contributed by atoms with van der Waals surface area (Å²) in [6.07, 6.45) is 3.08. The molecule has 0 saturated heterocycles. The monoisotopic (exact) mass is 190 g/mol. The van der Waals surface area contributed by atoms with E-state index in [-0.39, 0.29) is 0 Å². The topological polar surface area (TPSA) is 15.3 Å². The predicted molar refractivity (Wildman–Crippen MR) is 55.6 cm³/mol. The summed E-state index contributed by atoms with van der Waals surface area (Å²) in [6.45, 7) is 4.17. The van der Waals surface area contributed by atoms with Crippen LogP contribution in [0, 0.1) is 0 Å². The SMILES string of the molecule is CC(CCN(C)C)NC/C=C/Cl. The van der Waals surface area contributed by atoms with Gasteiger partial charge in [0, 0.05) is 18.1 Å². The molecule has 0 heterocycles. The summed E-state index contributed by atoms with van der Waals surface area (Å²) >= 11 is 5.38.